The van der Waals surface area contributed by atoms with Crippen LogP contribution < -0.4 is 24.3 Å². The monoisotopic (exact) mass is 486 g/mol. The fraction of sp³-hybridized carbons (Fsp3) is 0.292. The summed E-state index contributed by atoms with van der Waals surface area (Å²) < 4.78 is 21.4. The number of hydrogen-bond acceptors (Lipinski definition) is 8. The molecule has 2 aromatic carbocycles. The topological polar surface area (TPSA) is 103 Å². The van der Waals surface area contributed by atoms with Gasteiger partial charge in [-0.3, -0.25) is 19.3 Å². The second kappa shape index (κ2) is 11.5. The van der Waals surface area contributed by atoms with Crippen LogP contribution in [0.25, 0.3) is 6.08 Å². The molecule has 0 bridgehead atoms. The lowest BCUT2D eigenvalue weighted by atomic mass is 10.1. The number of benzene rings is 2. The van der Waals surface area contributed by atoms with Gasteiger partial charge in [0.15, 0.2) is 18.1 Å². The van der Waals surface area contributed by atoms with Gasteiger partial charge in [-0.05, 0) is 54.6 Å². The maximum atomic E-state index is 12.8. The number of methoxy groups -OCH3 is 3. The third-order valence-electron chi connectivity index (χ3n) is 4.91. The van der Waals surface area contributed by atoms with Gasteiger partial charge < -0.3 is 24.3 Å². The van der Waals surface area contributed by atoms with E-state index >= 15 is 0 Å². The van der Waals surface area contributed by atoms with Crippen molar-refractivity contribution >= 4 is 34.9 Å². The number of thioether (sulfide) groups is 1. The summed E-state index contributed by atoms with van der Waals surface area (Å²) >= 11 is 0.829. The number of rotatable bonds is 10. The SMILES string of the molecule is COc1cc(/C=C2\SC(=O)N(CCNC(=O)COc3ccc(C)cc3)C2=O)cc(OC)c1OC. The Kier molecular flexibility index (Phi) is 8.42. The summed E-state index contributed by atoms with van der Waals surface area (Å²) in [7, 11) is 4.49. The lowest BCUT2D eigenvalue weighted by Gasteiger charge is -2.14. The average Bonchev–Trinajstić information content (AvgIpc) is 3.10. The Balaban J connectivity index is 1.57. The van der Waals surface area contributed by atoms with E-state index in [1.165, 1.54) is 21.3 Å². The zero-order valence-electron chi connectivity index (χ0n) is 19.4. The zero-order valence-corrected chi connectivity index (χ0v) is 20.2. The minimum absolute atomic E-state index is 0.0491. The Hall–Kier alpha value is -3.66. The van der Waals surface area contributed by atoms with Crippen LogP contribution in [0.5, 0.6) is 23.0 Å². The van der Waals surface area contributed by atoms with Gasteiger partial charge in [-0.1, -0.05) is 17.7 Å². The molecule has 9 nitrogen and oxygen atoms in total. The van der Waals surface area contributed by atoms with Crippen LogP contribution in [0.4, 0.5) is 4.79 Å². The first-order valence-electron chi connectivity index (χ1n) is 10.4. The summed E-state index contributed by atoms with van der Waals surface area (Å²) in [6.45, 7) is 1.96. The molecule has 180 valence electrons. The molecule has 0 saturated carbocycles. The first kappa shape index (κ1) is 25.0. The minimum Gasteiger partial charge on any atom is -0.493 e. The van der Waals surface area contributed by atoms with Gasteiger partial charge in [0.2, 0.25) is 5.75 Å². The van der Waals surface area contributed by atoms with Crippen molar-refractivity contribution in [2.24, 2.45) is 0 Å². The molecule has 1 aliphatic rings. The number of carbonyl (C=O) groups is 3. The second-order valence-electron chi connectivity index (χ2n) is 7.24. The quantitative estimate of drug-likeness (QED) is 0.511. The molecule has 0 atom stereocenters. The molecule has 0 aliphatic carbocycles. The van der Waals surface area contributed by atoms with Crippen molar-refractivity contribution in [3.63, 3.8) is 0 Å². The molecule has 0 aromatic heterocycles. The minimum atomic E-state index is -0.436. The molecule has 2 aromatic rings. The number of carbonyl (C=O) groups excluding carboxylic acids is 3. The standard InChI is InChI=1S/C24H26N2O7S/c1-15-5-7-17(8-6-15)33-14-21(27)25-9-10-26-23(28)20(34-24(26)29)13-16-11-18(30-2)22(32-4)19(12-16)31-3/h5-8,11-13H,9-10,14H2,1-4H3,(H,25,27)/b20-13-. The Morgan fingerprint density at radius 3 is 2.26 bits per heavy atom. The summed E-state index contributed by atoms with van der Waals surface area (Å²) in [5, 5.41) is 2.25. The largest absolute Gasteiger partial charge is 0.493 e. The number of nitrogens with one attached hydrogen (secondary N) is 1. The highest BCUT2D eigenvalue weighted by Crippen LogP contribution is 2.40. The maximum absolute atomic E-state index is 12.8. The van der Waals surface area contributed by atoms with Crippen LogP contribution in [-0.4, -0.2) is 63.0 Å². The van der Waals surface area contributed by atoms with E-state index in [9.17, 15) is 14.4 Å². The van der Waals surface area contributed by atoms with Gasteiger partial charge in [-0.15, -0.1) is 0 Å². The molecule has 0 radical (unpaired) electrons. The van der Waals surface area contributed by atoms with E-state index in [1.807, 2.05) is 19.1 Å². The van der Waals surface area contributed by atoms with Crippen LogP contribution in [0, 0.1) is 6.92 Å². The summed E-state index contributed by atoms with van der Waals surface area (Å²) in [5.41, 5.74) is 1.70. The highest BCUT2D eigenvalue weighted by Gasteiger charge is 2.34. The van der Waals surface area contributed by atoms with Crippen LogP contribution in [0.2, 0.25) is 0 Å². The zero-order chi connectivity index (χ0) is 24.7. The molecule has 0 spiro atoms. The summed E-state index contributed by atoms with van der Waals surface area (Å²) in [6.07, 6.45) is 1.59. The van der Waals surface area contributed by atoms with Gasteiger partial charge >= 0.3 is 0 Å². The molecule has 1 saturated heterocycles. The maximum Gasteiger partial charge on any atom is 0.293 e. The van der Waals surface area contributed by atoms with E-state index in [0.717, 1.165) is 22.2 Å². The Morgan fingerprint density at radius 2 is 1.68 bits per heavy atom. The molecular weight excluding hydrogens is 460 g/mol. The predicted molar refractivity (Wildman–Crippen MR) is 128 cm³/mol. The molecule has 1 aliphatic heterocycles. The van der Waals surface area contributed by atoms with Gasteiger partial charge in [-0.25, -0.2) is 0 Å². The molecule has 10 heteroatoms. The van der Waals surface area contributed by atoms with Crippen LogP contribution in [0.1, 0.15) is 11.1 Å². The van der Waals surface area contributed by atoms with Crippen molar-refractivity contribution in [1.29, 1.82) is 0 Å². The van der Waals surface area contributed by atoms with E-state index in [4.69, 9.17) is 18.9 Å². The Morgan fingerprint density at radius 1 is 1.03 bits per heavy atom. The van der Waals surface area contributed by atoms with E-state index in [1.54, 1.807) is 30.3 Å². The van der Waals surface area contributed by atoms with Crippen molar-refractivity contribution in [3.8, 4) is 23.0 Å². The first-order chi connectivity index (χ1) is 16.4. The number of aryl methyl sites for hydroxylation is 1. The normalized spacial score (nSPS) is 14.4. The molecule has 1 N–H and O–H groups in total. The van der Waals surface area contributed by atoms with E-state index < -0.39 is 11.1 Å². The van der Waals surface area contributed by atoms with Crippen molar-refractivity contribution in [2.75, 3.05) is 41.0 Å². The van der Waals surface area contributed by atoms with Crippen LogP contribution >= 0.6 is 11.8 Å². The van der Waals surface area contributed by atoms with Gasteiger partial charge in [0.25, 0.3) is 17.1 Å². The fourth-order valence-electron chi connectivity index (χ4n) is 3.17. The van der Waals surface area contributed by atoms with Crippen LogP contribution in [-0.2, 0) is 9.59 Å². The average molecular weight is 487 g/mol. The lowest BCUT2D eigenvalue weighted by molar-refractivity contribution is -0.125. The fourth-order valence-corrected chi connectivity index (χ4v) is 4.04. The summed E-state index contributed by atoms with van der Waals surface area (Å²) in [5.74, 6) is 1.10. The first-order valence-corrected chi connectivity index (χ1v) is 11.2. The van der Waals surface area contributed by atoms with Gasteiger partial charge in [-0.2, -0.15) is 0 Å². The third-order valence-corrected chi connectivity index (χ3v) is 5.81. The van der Waals surface area contributed by atoms with Gasteiger partial charge in [0.1, 0.15) is 5.75 Å². The van der Waals surface area contributed by atoms with Crippen molar-refractivity contribution in [1.82, 2.24) is 10.2 Å². The van der Waals surface area contributed by atoms with Crippen molar-refractivity contribution < 1.29 is 33.3 Å². The molecule has 3 rings (SSSR count). The number of nitrogens with zero attached hydrogens (tertiary/aromatic N) is 1. The van der Waals surface area contributed by atoms with E-state index in [0.29, 0.717) is 28.6 Å². The van der Waals surface area contributed by atoms with Gasteiger partial charge in [0, 0.05) is 13.1 Å². The second-order valence-corrected chi connectivity index (χ2v) is 8.24. The number of amides is 3. The van der Waals surface area contributed by atoms with Crippen molar-refractivity contribution in [2.45, 2.75) is 6.92 Å². The number of hydrogen-bond donors (Lipinski definition) is 1. The molecular formula is C24H26N2O7S. The number of ether oxygens (including phenoxy) is 4. The van der Waals surface area contributed by atoms with Crippen molar-refractivity contribution in [3.05, 3.63) is 52.4 Å². The highest BCUT2D eigenvalue weighted by molar-refractivity contribution is 8.18. The summed E-state index contributed by atoms with van der Waals surface area (Å²) in [4.78, 5) is 38.5. The predicted octanol–water partition coefficient (Wildman–Crippen LogP) is 3.25. The Bertz CT molecular complexity index is 1070. The smallest absolute Gasteiger partial charge is 0.293 e. The molecule has 0 unspecified atom stereocenters. The lowest BCUT2D eigenvalue weighted by Crippen LogP contribution is -2.38. The third kappa shape index (κ3) is 6.02. The van der Waals surface area contributed by atoms with E-state index in [-0.39, 0.29) is 30.5 Å². The van der Waals surface area contributed by atoms with Gasteiger partial charge in [0.05, 0.1) is 26.2 Å². The molecule has 1 fully saturated rings. The van der Waals surface area contributed by atoms with E-state index in [2.05, 4.69) is 5.32 Å². The van der Waals surface area contributed by atoms with Crippen LogP contribution in [0.15, 0.2) is 41.3 Å². The molecule has 34 heavy (non-hydrogen) atoms. The molecule has 1 heterocycles. The molecule has 3 amide bonds. The summed E-state index contributed by atoms with van der Waals surface area (Å²) in [6, 6.07) is 10.7. The number of imide groups is 1. The Labute approximate surface area is 202 Å². The highest BCUT2D eigenvalue weighted by atomic mass is 32.2. The van der Waals surface area contributed by atoms with Crippen LogP contribution in [0.3, 0.4) is 0 Å².